The molecule has 1 aromatic carbocycles. The van der Waals surface area contributed by atoms with Crippen LogP contribution in [0.5, 0.6) is 0 Å². The van der Waals surface area contributed by atoms with Gasteiger partial charge in [-0.05, 0) is 36.1 Å². The number of carbonyl (C=O) groups is 1. The van der Waals surface area contributed by atoms with Gasteiger partial charge in [-0.15, -0.1) is 0 Å². The van der Waals surface area contributed by atoms with Gasteiger partial charge in [-0.25, -0.2) is 12.7 Å². The van der Waals surface area contributed by atoms with Crippen LogP contribution in [-0.2, 0) is 21.2 Å². The zero-order valence-electron chi connectivity index (χ0n) is 15.7. The number of carbonyl (C=O) groups excluding carboxylic acids is 1. The Kier molecular flexibility index (Phi) is 5.92. The van der Waals surface area contributed by atoms with E-state index in [1.165, 1.54) is 37.6 Å². The van der Waals surface area contributed by atoms with Crippen molar-refractivity contribution in [2.24, 2.45) is 0 Å². The molecular formula is C18H20N4O4S2. The van der Waals surface area contributed by atoms with Crippen LogP contribution in [0.25, 0.3) is 11.4 Å². The molecule has 0 aliphatic carbocycles. The summed E-state index contributed by atoms with van der Waals surface area (Å²) in [5.74, 6) is 0.601. The molecule has 0 aliphatic heterocycles. The van der Waals surface area contributed by atoms with Crippen LogP contribution in [0.3, 0.4) is 0 Å². The molecule has 8 nitrogen and oxygen atoms in total. The minimum Gasteiger partial charge on any atom is -0.339 e. The first kappa shape index (κ1) is 20.2. The van der Waals surface area contributed by atoms with Crippen LogP contribution in [0.15, 0.2) is 44.4 Å². The van der Waals surface area contributed by atoms with Gasteiger partial charge >= 0.3 is 0 Å². The first-order chi connectivity index (χ1) is 13.3. The average Bonchev–Trinajstić information content (AvgIpc) is 3.33. The second kappa shape index (κ2) is 8.21. The highest BCUT2D eigenvalue weighted by Gasteiger charge is 2.19. The summed E-state index contributed by atoms with van der Waals surface area (Å²) in [5, 5.41) is 10.5. The molecule has 0 saturated heterocycles. The number of sulfonamides is 1. The number of nitrogens with zero attached hydrogens (tertiary/aromatic N) is 3. The maximum absolute atomic E-state index is 12.3. The third kappa shape index (κ3) is 4.46. The van der Waals surface area contributed by atoms with E-state index in [4.69, 9.17) is 4.52 Å². The van der Waals surface area contributed by atoms with E-state index in [0.29, 0.717) is 17.4 Å². The third-order valence-electron chi connectivity index (χ3n) is 4.08. The average molecular weight is 421 g/mol. The van der Waals surface area contributed by atoms with Crippen LogP contribution in [0.2, 0.25) is 0 Å². The molecule has 0 radical (unpaired) electrons. The van der Waals surface area contributed by atoms with E-state index in [0.717, 1.165) is 15.4 Å². The lowest BCUT2D eigenvalue weighted by atomic mass is 10.2. The van der Waals surface area contributed by atoms with Crippen LogP contribution < -0.4 is 5.32 Å². The van der Waals surface area contributed by atoms with Crippen molar-refractivity contribution in [1.29, 1.82) is 0 Å². The quantitative estimate of drug-likeness (QED) is 0.630. The maximum Gasteiger partial charge on any atom is 0.242 e. The van der Waals surface area contributed by atoms with E-state index in [9.17, 15) is 13.2 Å². The number of nitrogens with one attached hydrogen (secondary N) is 1. The summed E-state index contributed by atoms with van der Waals surface area (Å²) in [4.78, 5) is 16.7. The normalized spacial score (nSPS) is 11.7. The minimum atomic E-state index is -3.58. The van der Waals surface area contributed by atoms with Gasteiger partial charge in [-0.1, -0.05) is 11.2 Å². The summed E-state index contributed by atoms with van der Waals surface area (Å²) < 4.78 is 30.9. The molecule has 0 fully saturated rings. The number of hydrogen-bond donors (Lipinski definition) is 1. The highest BCUT2D eigenvalue weighted by Crippen LogP contribution is 2.23. The molecule has 1 N–H and O–H groups in total. The standard InChI is InChI=1S/C18H20N4O4S2/c1-12-4-5-14(28(24,25)22(2)3)10-15(12)19-16(23)6-7-17-20-18(21-26-17)13-8-9-27-11-13/h4-5,8-11H,6-7H2,1-3H3,(H,19,23). The Hall–Kier alpha value is -2.56. The fourth-order valence-electron chi connectivity index (χ4n) is 2.41. The molecule has 148 valence electrons. The zero-order chi connectivity index (χ0) is 20.3. The molecule has 0 bridgehead atoms. The Morgan fingerprint density at radius 2 is 2.07 bits per heavy atom. The van der Waals surface area contributed by atoms with Crippen LogP contribution in [0.4, 0.5) is 5.69 Å². The summed E-state index contributed by atoms with van der Waals surface area (Å²) in [6.45, 7) is 1.80. The highest BCUT2D eigenvalue weighted by molar-refractivity contribution is 7.89. The second-order valence-electron chi connectivity index (χ2n) is 6.34. The van der Waals surface area contributed by atoms with Gasteiger partial charge in [0.15, 0.2) is 0 Å². The second-order valence-corrected chi connectivity index (χ2v) is 9.27. The Balaban J connectivity index is 1.65. The number of rotatable bonds is 7. The number of aryl methyl sites for hydroxylation is 2. The molecule has 10 heteroatoms. The van der Waals surface area contributed by atoms with Gasteiger partial charge in [0.1, 0.15) is 0 Å². The van der Waals surface area contributed by atoms with Crippen molar-refractivity contribution in [3.63, 3.8) is 0 Å². The van der Waals surface area contributed by atoms with Gasteiger partial charge in [0.05, 0.1) is 4.90 Å². The monoisotopic (exact) mass is 420 g/mol. The Morgan fingerprint density at radius 3 is 2.75 bits per heavy atom. The lowest BCUT2D eigenvalue weighted by Crippen LogP contribution is -2.22. The molecule has 28 heavy (non-hydrogen) atoms. The molecule has 0 spiro atoms. The zero-order valence-corrected chi connectivity index (χ0v) is 17.3. The molecule has 1 amide bonds. The van der Waals surface area contributed by atoms with E-state index in [-0.39, 0.29) is 23.6 Å². The fourth-order valence-corrected chi connectivity index (χ4v) is 3.97. The van der Waals surface area contributed by atoms with Gasteiger partial charge in [0.2, 0.25) is 27.6 Å². The van der Waals surface area contributed by atoms with Gasteiger partial charge in [0.25, 0.3) is 0 Å². The van der Waals surface area contributed by atoms with Crippen molar-refractivity contribution < 1.29 is 17.7 Å². The molecule has 0 atom stereocenters. The third-order valence-corrected chi connectivity index (χ3v) is 6.57. The van der Waals surface area contributed by atoms with Crippen molar-refractivity contribution >= 4 is 33.0 Å². The highest BCUT2D eigenvalue weighted by atomic mass is 32.2. The Bertz CT molecular complexity index is 1070. The predicted molar refractivity (Wildman–Crippen MR) is 107 cm³/mol. The van der Waals surface area contributed by atoms with Crippen LogP contribution in [-0.4, -0.2) is 42.9 Å². The topological polar surface area (TPSA) is 105 Å². The van der Waals surface area contributed by atoms with Crippen molar-refractivity contribution in [1.82, 2.24) is 14.4 Å². The molecule has 0 unspecified atom stereocenters. The first-order valence-electron chi connectivity index (χ1n) is 8.45. The molecular weight excluding hydrogens is 400 g/mol. The van der Waals surface area contributed by atoms with Crippen molar-refractivity contribution in [2.75, 3.05) is 19.4 Å². The Morgan fingerprint density at radius 1 is 1.29 bits per heavy atom. The lowest BCUT2D eigenvalue weighted by Gasteiger charge is -2.14. The number of amides is 1. The number of anilines is 1. The van der Waals surface area contributed by atoms with Gasteiger partial charge in [0, 0.05) is 43.6 Å². The molecule has 2 aromatic heterocycles. The number of aromatic nitrogens is 2. The molecule has 0 aliphatic rings. The van der Waals surface area contributed by atoms with Crippen molar-refractivity contribution in [2.45, 2.75) is 24.7 Å². The van der Waals surface area contributed by atoms with Crippen LogP contribution in [0.1, 0.15) is 17.9 Å². The number of thiophene rings is 1. The van der Waals surface area contributed by atoms with Crippen molar-refractivity contribution in [3.8, 4) is 11.4 Å². The largest absolute Gasteiger partial charge is 0.339 e. The SMILES string of the molecule is Cc1ccc(S(=O)(=O)N(C)C)cc1NC(=O)CCc1nc(-c2ccsc2)no1. The smallest absolute Gasteiger partial charge is 0.242 e. The Labute approximate surface area is 167 Å². The number of hydrogen-bond acceptors (Lipinski definition) is 7. The summed E-state index contributed by atoms with van der Waals surface area (Å²) in [7, 11) is -0.655. The summed E-state index contributed by atoms with van der Waals surface area (Å²) in [5.41, 5.74) is 2.10. The minimum absolute atomic E-state index is 0.121. The van der Waals surface area contributed by atoms with E-state index < -0.39 is 10.0 Å². The molecule has 2 heterocycles. The van der Waals surface area contributed by atoms with E-state index >= 15 is 0 Å². The van der Waals surface area contributed by atoms with Gasteiger partial charge < -0.3 is 9.84 Å². The van der Waals surface area contributed by atoms with Crippen molar-refractivity contribution in [3.05, 3.63) is 46.5 Å². The van der Waals surface area contributed by atoms with E-state index in [2.05, 4.69) is 15.5 Å². The predicted octanol–water partition coefficient (Wildman–Crippen LogP) is 2.93. The summed E-state index contributed by atoms with van der Waals surface area (Å²) in [6.07, 6.45) is 0.424. The molecule has 3 rings (SSSR count). The number of benzene rings is 1. The van der Waals surface area contributed by atoms with Gasteiger partial charge in [-0.3, -0.25) is 4.79 Å². The molecule has 0 saturated carbocycles. The van der Waals surface area contributed by atoms with E-state index in [1.54, 1.807) is 13.0 Å². The van der Waals surface area contributed by atoms with Crippen LogP contribution in [0, 0.1) is 6.92 Å². The first-order valence-corrected chi connectivity index (χ1v) is 10.8. The maximum atomic E-state index is 12.3. The summed E-state index contributed by atoms with van der Waals surface area (Å²) >= 11 is 1.54. The van der Waals surface area contributed by atoms with Crippen LogP contribution >= 0.6 is 11.3 Å². The van der Waals surface area contributed by atoms with E-state index in [1.807, 2.05) is 16.8 Å². The lowest BCUT2D eigenvalue weighted by molar-refractivity contribution is -0.116. The summed E-state index contributed by atoms with van der Waals surface area (Å²) in [6, 6.07) is 6.54. The fraction of sp³-hybridized carbons (Fsp3) is 0.278. The molecule has 3 aromatic rings. The van der Waals surface area contributed by atoms with Gasteiger partial charge in [-0.2, -0.15) is 16.3 Å².